The van der Waals surface area contributed by atoms with Crippen molar-refractivity contribution in [3.63, 3.8) is 0 Å². The Morgan fingerprint density at radius 3 is 2.13 bits per heavy atom. The van der Waals surface area contributed by atoms with Gasteiger partial charge in [-0.05, 0) is 12.5 Å². The summed E-state index contributed by atoms with van der Waals surface area (Å²) in [6.45, 7) is 1.56. The third kappa shape index (κ3) is 2.07. The lowest BCUT2D eigenvalue weighted by Crippen LogP contribution is -1.91. The fourth-order valence-corrected chi connectivity index (χ4v) is 1.35. The van der Waals surface area contributed by atoms with Crippen LogP contribution >= 0.6 is 0 Å². The predicted octanol–water partition coefficient (Wildman–Crippen LogP) is 2.35. The Morgan fingerprint density at radius 2 is 1.60 bits per heavy atom. The van der Waals surface area contributed by atoms with Crippen LogP contribution in [0.2, 0.25) is 0 Å². The van der Waals surface area contributed by atoms with E-state index < -0.39 is 0 Å². The standard InChI is InChI=1S/C12H10N2O/c1-9(15)10-2-4-11(5-3-10)12-6-13-8-14-7-12/h2-8H,1H3. The molecule has 0 aliphatic heterocycles. The summed E-state index contributed by atoms with van der Waals surface area (Å²) in [4.78, 5) is 18.9. The lowest BCUT2D eigenvalue weighted by atomic mass is 10.1. The number of nitrogens with zero attached hydrogens (tertiary/aromatic N) is 2. The van der Waals surface area contributed by atoms with Gasteiger partial charge in [0.2, 0.25) is 0 Å². The van der Waals surface area contributed by atoms with E-state index in [0.29, 0.717) is 0 Å². The highest BCUT2D eigenvalue weighted by Crippen LogP contribution is 2.17. The van der Waals surface area contributed by atoms with Crippen LogP contribution in [0.5, 0.6) is 0 Å². The van der Waals surface area contributed by atoms with Gasteiger partial charge in [-0.1, -0.05) is 24.3 Å². The molecule has 3 nitrogen and oxygen atoms in total. The molecular weight excluding hydrogens is 188 g/mol. The van der Waals surface area contributed by atoms with E-state index in [-0.39, 0.29) is 5.78 Å². The molecule has 74 valence electrons. The van der Waals surface area contributed by atoms with E-state index in [1.54, 1.807) is 19.3 Å². The number of aromatic nitrogens is 2. The summed E-state index contributed by atoms with van der Waals surface area (Å²) in [5.74, 6) is 0.0749. The fourth-order valence-electron chi connectivity index (χ4n) is 1.35. The van der Waals surface area contributed by atoms with Gasteiger partial charge >= 0.3 is 0 Å². The minimum absolute atomic E-state index is 0.0749. The van der Waals surface area contributed by atoms with Crippen LogP contribution in [-0.2, 0) is 0 Å². The number of Topliss-reactive ketones (excluding diaryl/α,β-unsaturated/α-hetero) is 1. The Labute approximate surface area is 87.8 Å². The van der Waals surface area contributed by atoms with Crippen LogP contribution in [0.15, 0.2) is 43.0 Å². The monoisotopic (exact) mass is 198 g/mol. The predicted molar refractivity (Wildman–Crippen MR) is 57.5 cm³/mol. The summed E-state index contributed by atoms with van der Waals surface area (Å²) in [6.07, 6.45) is 4.99. The van der Waals surface area contributed by atoms with Crippen LogP contribution in [0.3, 0.4) is 0 Å². The summed E-state index contributed by atoms with van der Waals surface area (Å²) in [7, 11) is 0. The molecule has 2 aromatic rings. The summed E-state index contributed by atoms with van der Waals surface area (Å²) in [5.41, 5.74) is 2.68. The minimum atomic E-state index is 0.0749. The Kier molecular flexibility index (Phi) is 2.54. The van der Waals surface area contributed by atoms with E-state index in [4.69, 9.17) is 0 Å². The van der Waals surface area contributed by atoms with Crippen molar-refractivity contribution in [2.24, 2.45) is 0 Å². The maximum atomic E-state index is 11.1. The van der Waals surface area contributed by atoms with Crippen LogP contribution < -0.4 is 0 Å². The first-order valence-corrected chi connectivity index (χ1v) is 4.64. The highest BCUT2D eigenvalue weighted by atomic mass is 16.1. The van der Waals surface area contributed by atoms with Gasteiger partial charge in [-0.15, -0.1) is 0 Å². The Morgan fingerprint density at radius 1 is 1.00 bits per heavy atom. The first kappa shape index (κ1) is 9.52. The van der Waals surface area contributed by atoms with Gasteiger partial charge < -0.3 is 0 Å². The molecule has 1 heterocycles. The van der Waals surface area contributed by atoms with Gasteiger partial charge in [-0.25, -0.2) is 9.97 Å². The van der Waals surface area contributed by atoms with E-state index >= 15 is 0 Å². The number of rotatable bonds is 2. The van der Waals surface area contributed by atoms with Crippen LogP contribution in [0.25, 0.3) is 11.1 Å². The zero-order chi connectivity index (χ0) is 10.7. The van der Waals surface area contributed by atoms with Gasteiger partial charge in [0.25, 0.3) is 0 Å². The number of carbonyl (C=O) groups is 1. The van der Waals surface area contributed by atoms with Gasteiger partial charge in [-0.3, -0.25) is 4.79 Å². The van der Waals surface area contributed by atoms with E-state index in [0.717, 1.165) is 16.7 Å². The zero-order valence-corrected chi connectivity index (χ0v) is 8.34. The smallest absolute Gasteiger partial charge is 0.159 e. The van der Waals surface area contributed by atoms with E-state index in [1.165, 1.54) is 6.33 Å². The van der Waals surface area contributed by atoms with Gasteiger partial charge in [0, 0.05) is 23.5 Å². The highest BCUT2D eigenvalue weighted by molar-refractivity contribution is 5.94. The molecule has 0 saturated carbocycles. The number of ketones is 1. The Hall–Kier alpha value is -2.03. The molecule has 1 aromatic carbocycles. The van der Waals surface area contributed by atoms with Crippen molar-refractivity contribution in [3.05, 3.63) is 48.5 Å². The molecule has 3 heteroatoms. The second-order valence-corrected chi connectivity index (χ2v) is 3.26. The van der Waals surface area contributed by atoms with Gasteiger partial charge in [0.05, 0.1) is 0 Å². The van der Waals surface area contributed by atoms with Crippen LogP contribution in [0, 0.1) is 0 Å². The second kappa shape index (κ2) is 4.00. The molecular formula is C12H10N2O. The molecule has 0 aliphatic carbocycles. The minimum Gasteiger partial charge on any atom is -0.295 e. The summed E-state index contributed by atoms with van der Waals surface area (Å²) in [5, 5.41) is 0. The zero-order valence-electron chi connectivity index (χ0n) is 8.34. The molecule has 2 rings (SSSR count). The Bertz CT molecular complexity index is 463. The number of benzene rings is 1. The van der Waals surface area contributed by atoms with Crippen LogP contribution in [0.4, 0.5) is 0 Å². The van der Waals surface area contributed by atoms with E-state index in [1.807, 2.05) is 24.3 Å². The van der Waals surface area contributed by atoms with Gasteiger partial charge in [-0.2, -0.15) is 0 Å². The molecule has 0 unspecified atom stereocenters. The molecule has 15 heavy (non-hydrogen) atoms. The fraction of sp³-hybridized carbons (Fsp3) is 0.0833. The molecule has 0 bridgehead atoms. The summed E-state index contributed by atoms with van der Waals surface area (Å²) in [6, 6.07) is 7.42. The van der Waals surface area contributed by atoms with Crippen molar-refractivity contribution in [2.45, 2.75) is 6.92 Å². The molecule has 0 aliphatic rings. The molecule has 0 atom stereocenters. The second-order valence-electron chi connectivity index (χ2n) is 3.26. The van der Waals surface area contributed by atoms with Gasteiger partial charge in [0.1, 0.15) is 6.33 Å². The first-order chi connectivity index (χ1) is 7.27. The van der Waals surface area contributed by atoms with E-state index in [9.17, 15) is 4.79 Å². The molecule has 0 N–H and O–H groups in total. The summed E-state index contributed by atoms with van der Waals surface area (Å²) >= 11 is 0. The molecule has 1 aromatic heterocycles. The Balaban J connectivity index is 2.36. The normalized spacial score (nSPS) is 9.93. The molecule has 0 saturated heterocycles. The topological polar surface area (TPSA) is 42.9 Å². The molecule has 0 amide bonds. The lowest BCUT2D eigenvalue weighted by molar-refractivity contribution is 0.101. The third-order valence-electron chi connectivity index (χ3n) is 2.19. The quantitative estimate of drug-likeness (QED) is 0.695. The number of carbonyl (C=O) groups excluding carboxylic acids is 1. The van der Waals surface area contributed by atoms with Crippen LogP contribution in [-0.4, -0.2) is 15.8 Å². The summed E-state index contributed by atoms with van der Waals surface area (Å²) < 4.78 is 0. The van der Waals surface area contributed by atoms with Crippen molar-refractivity contribution in [3.8, 4) is 11.1 Å². The van der Waals surface area contributed by atoms with Crippen molar-refractivity contribution in [2.75, 3.05) is 0 Å². The van der Waals surface area contributed by atoms with Crippen LogP contribution in [0.1, 0.15) is 17.3 Å². The SMILES string of the molecule is CC(=O)c1ccc(-c2cncnc2)cc1. The third-order valence-corrected chi connectivity index (χ3v) is 2.19. The lowest BCUT2D eigenvalue weighted by Gasteiger charge is -2.00. The van der Waals surface area contributed by atoms with Crippen molar-refractivity contribution in [1.82, 2.24) is 9.97 Å². The van der Waals surface area contributed by atoms with Crippen molar-refractivity contribution in [1.29, 1.82) is 0 Å². The average molecular weight is 198 g/mol. The molecule has 0 spiro atoms. The number of hydrogen-bond donors (Lipinski definition) is 0. The maximum Gasteiger partial charge on any atom is 0.159 e. The van der Waals surface area contributed by atoms with Crippen molar-refractivity contribution < 1.29 is 4.79 Å². The van der Waals surface area contributed by atoms with E-state index in [2.05, 4.69) is 9.97 Å². The molecule has 0 fully saturated rings. The van der Waals surface area contributed by atoms with Gasteiger partial charge in [0.15, 0.2) is 5.78 Å². The highest BCUT2D eigenvalue weighted by Gasteiger charge is 2.00. The molecule has 0 radical (unpaired) electrons. The first-order valence-electron chi connectivity index (χ1n) is 4.64. The maximum absolute atomic E-state index is 11.1. The van der Waals surface area contributed by atoms with Crippen molar-refractivity contribution >= 4 is 5.78 Å². The number of hydrogen-bond acceptors (Lipinski definition) is 3. The largest absolute Gasteiger partial charge is 0.295 e. The average Bonchev–Trinajstić information content (AvgIpc) is 2.30.